The van der Waals surface area contributed by atoms with Crippen molar-refractivity contribution in [2.24, 2.45) is 12.5 Å². The first-order valence-electron chi connectivity index (χ1n) is 8.27. The molecule has 1 aliphatic heterocycles. The monoisotopic (exact) mass is 329 g/mol. The zero-order valence-corrected chi connectivity index (χ0v) is 14.7. The van der Waals surface area contributed by atoms with Crippen LogP contribution in [0.25, 0.3) is 0 Å². The van der Waals surface area contributed by atoms with Gasteiger partial charge in [0.2, 0.25) is 5.91 Å². The molecule has 1 aromatic heterocycles. The highest BCUT2D eigenvalue weighted by Gasteiger charge is 2.42. The molecule has 24 heavy (non-hydrogen) atoms. The van der Waals surface area contributed by atoms with Crippen molar-refractivity contribution in [1.82, 2.24) is 14.7 Å². The van der Waals surface area contributed by atoms with Crippen LogP contribution < -0.4 is 0 Å². The molecule has 128 valence electrons. The third-order valence-corrected chi connectivity index (χ3v) is 4.97. The van der Waals surface area contributed by atoms with Crippen LogP contribution in [-0.2, 0) is 18.3 Å². The number of carbonyl (C=O) groups excluding carboxylic acids is 1. The standard InChI is InChI=1S/C19H24FN3O/c1-13-5-6-17(20)14(7-13)8-18(24)23-11-16(19(2,3)12-23)15-9-21-22(4)10-15/h5-7,9-10,16H,8,11-12H2,1-4H3/t16-/m1/s1. The van der Waals surface area contributed by atoms with E-state index in [0.29, 0.717) is 18.7 Å². The lowest BCUT2D eigenvalue weighted by Gasteiger charge is -2.24. The summed E-state index contributed by atoms with van der Waals surface area (Å²) in [6, 6.07) is 4.91. The van der Waals surface area contributed by atoms with E-state index in [1.165, 1.54) is 6.07 Å². The molecule has 1 amide bonds. The van der Waals surface area contributed by atoms with Gasteiger partial charge in [-0.25, -0.2) is 4.39 Å². The first kappa shape index (κ1) is 16.7. The molecule has 1 aliphatic rings. The smallest absolute Gasteiger partial charge is 0.227 e. The van der Waals surface area contributed by atoms with Gasteiger partial charge in [0.05, 0.1) is 12.6 Å². The fourth-order valence-corrected chi connectivity index (χ4v) is 3.61. The van der Waals surface area contributed by atoms with Crippen LogP contribution in [0.4, 0.5) is 4.39 Å². The molecule has 4 nitrogen and oxygen atoms in total. The second-order valence-electron chi connectivity index (χ2n) is 7.53. The number of amides is 1. The number of nitrogens with zero attached hydrogens (tertiary/aromatic N) is 3. The predicted octanol–water partition coefficient (Wildman–Crippen LogP) is 3.06. The topological polar surface area (TPSA) is 38.1 Å². The van der Waals surface area contributed by atoms with Gasteiger partial charge in [0.25, 0.3) is 0 Å². The number of halogens is 1. The van der Waals surface area contributed by atoms with Crippen LogP contribution in [0.5, 0.6) is 0 Å². The van der Waals surface area contributed by atoms with Crippen molar-refractivity contribution >= 4 is 5.91 Å². The minimum atomic E-state index is -0.309. The summed E-state index contributed by atoms with van der Waals surface area (Å²) in [4.78, 5) is 14.5. The van der Waals surface area contributed by atoms with Crippen LogP contribution in [0.15, 0.2) is 30.6 Å². The average molecular weight is 329 g/mol. The third kappa shape index (κ3) is 3.21. The lowest BCUT2D eigenvalue weighted by atomic mass is 9.79. The van der Waals surface area contributed by atoms with Gasteiger partial charge in [-0.3, -0.25) is 9.48 Å². The van der Waals surface area contributed by atoms with Crippen molar-refractivity contribution < 1.29 is 9.18 Å². The highest BCUT2D eigenvalue weighted by Crippen LogP contribution is 2.42. The SMILES string of the molecule is Cc1ccc(F)c(CC(=O)N2C[C@H](c3cnn(C)c3)C(C)(C)C2)c1. The van der Waals surface area contributed by atoms with Gasteiger partial charge in [-0.05, 0) is 29.5 Å². The summed E-state index contributed by atoms with van der Waals surface area (Å²) in [7, 11) is 1.90. The van der Waals surface area contributed by atoms with Crippen LogP contribution in [0.2, 0.25) is 0 Å². The molecule has 2 heterocycles. The fraction of sp³-hybridized carbons (Fsp3) is 0.474. The zero-order chi connectivity index (χ0) is 17.5. The molecule has 0 spiro atoms. The number of likely N-dealkylation sites (tertiary alicyclic amines) is 1. The second-order valence-corrected chi connectivity index (χ2v) is 7.53. The number of hydrogen-bond donors (Lipinski definition) is 0. The fourth-order valence-electron chi connectivity index (χ4n) is 3.61. The quantitative estimate of drug-likeness (QED) is 0.868. The number of aromatic nitrogens is 2. The highest BCUT2D eigenvalue weighted by atomic mass is 19.1. The van der Waals surface area contributed by atoms with Gasteiger partial charge in [0.1, 0.15) is 5.82 Å². The molecule has 0 aliphatic carbocycles. The summed E-state index contributed by atoms with van der Waals surface area (Å²) in [5.74, 6) is -0.0762. The zero-order valence-electron chi connectivity index (χ0n) is 14.7. The molecule has 3 rings (SSSR count). The van der Waals surface area contributed by atoms with E-state index in [1.807, 2.05) is 31.3 Å². The van der Waals surface area contributed by atoms with Gasteiger partial charge in [-0.15, -0.1) is 0 Å². The van der Waals surface area contributed by atoms with Gasteiger partial charge in [-0.1, -0.05) is 31.5 Å². The summed E-state index contributed by atoms with van der Waals surface area (Å²) < 4.78 is 15.7. The van der Waals surface area contributed by atoms with Gasteiger partial charge in [0, 0.05) is 32.3 Å². The van der Waals surface area contributed by atoms with Gasteiger partial charge >= 0.3 is 0 Å². The van der Waals surface area contributed by atoms with Crippen molar-refractivity contribution in [2.45, 2.75) is 33.1 Å². The molecule has 1 aromatic carbocycles. The molecule has 0 unspecified atom stereocenters. The maximum atomic E-state index is 13.9. The number of aryl methyl sites for hydroxylation is 2. The van der Waals surface area contributed by atoms with Gasteiger partial charge < -0.3 is 4.90 Å². The lowest BCUT2D eigenvalue weighted by molar-refractivity contribution is -0.129. The van der Waals surface area contributed by atoms with Crippen molar-refractivity contribution in [1.29, 1.82) is 0 Å². The van der Waals surface area contributed by atoms with Crippen LogP contribution >= 0.6 is 0 Å². The molecule has 0 bridgehead atoms. The van der Waals surface area contributed by atoms with E-state index in [1.54, 1.807) is 16.8 Å². The third-order valence-electron chi connectivity index (χ3n) is 4.97. The minimum absolute atomic E-state index is 0.0148. The van der Waals surface area contributed by atoms with E-state index in [2.05, 4.69) is 18.9 Å². The summed E-state index contributed by atoms with van der Waals surface area (Å²) in [5.41, 5.74) is 2.57. The second kappa shape index (κ2) is 6.04. The summed E-state index contributed by atoms with van der Waals surface area (Å²) in [6.07, 6.45) is 4.00. The highest BCUT2D eigenvalue weighted by molar-refractivity contribution is 5.79. The lowest BCUT2D eigenvalue weighted by Crippen LogP contribution is -2.31. The molecular formula is C19H24FN3O. The molecule has 0 N–H and O–H groups in total. The Balaban J connectivity index is 1.76. The van der Waals surface area contributed by atoms with Crippen LogP contribution in [0, 0.1) is 18.2 Å². The van der Waals surface area contributed by atoms with Gasteiger partial charge in [-0.2, -0.15) is 5.10 Å². The Morgan fingerprint density at radius 3 is 2.83 bits per heavy atom. The Labute approximate surface area is 142 Å². The summed E-state index contributed by atoms with van der Waals surface area (Å²) in [6.45, 7) is 7.59. The molecule has 0 radical (unpaired) electrons. The average Bonchev–Trinajstić information content (AvgIpc) is 3.05. The summed E-state index contributed by atoms with van der Waals surface area (Å²) in [5, 5.41) is 4.25. The maximum absolute atomic E-state index is 13.9. The molecule has 1 fully saturated rings. The first-order chi connectivity index (χ1) is 11.3. The van der Waals surface area contributed by atoms with Crippen molar-refractivity contribution in [3.8, 4) is 0 Å². The Hall–Kier alpha value is -2.17. The van der Waals surface area contributed by atoms with E-state index in [9.17, 15) is 9.18 Å². The van der Waals surface area contributed by atoms with E-state index in [4.69, 9.17) is 0 Å². The van der Waals surface area contributed by atoms with Crippen LogP contribution in [-0.4, -0.2) is 33.7 Å². The Bertz CT molecular complexity index is 766. The van der Waals surface area contributed by atoms with Crippen LogP contribution in [0.3, 0.4) is 0 Å². The molecule has 2 aromatic rings. The Kier molecular flexibility index (Phi) is 4.20. The van der Waals surface area contributed by atoms with Crippen LogP contribution in [0.1, 0.15) is 36.5 Å². The molecule has 1 saturated heterocycles. The number of rotatable bonds is 3. The number of hydrogen-bond acceptors (Lipinski definition) is 2. The Morgan fingerprint density at radius 1 is 1.42 bits per heavy atom. The van der Waals surface area contributed by atoms with Gasteiger partial charge in [0.15, 0.2) is 0 Å². The largest absolute Gasteiger partial charge is 0.341 e. The normalized spacial score (nSPS) is 19.7. The number of carbonyl (C=O) groups is 1. The van der Waals surface area contributed by atoms with E-state index in [-0.39, 0.29) is 29.5 Å². The number of benzene rings is 1. The van der Waals surface area contributed by atoms with Crippen molar-refractivity contribution in [3.05, 3.63) is 53.1 Å². The Morgan fingerprint density at radius 2 is 2.17 bits per heavy atom. The van der Waals surface area contributed by atoms with Crippen molar-refractivity contribution in [3.63, 3.8) is 0 Å². The maximum Gasteiger partial charge on any atom is 0.227 e. The molecule has 5 heteroatoms. The van der Waals surface area contributed by atoms with E-state index < -0.39 is 0 Å². The molecule has 1 atom stereocenters. The van der Waals surface area contributed by atoms with E-state index in [0.717, 1.165) is 11.1 Å². The minimum Gasteiger partial charge on any atom is -0.341 e. The summed E-state index contributed by atoms with van der Waals surface area (Å²) >= 11 is 0. The molecule has 0 saturated carbocycles. The van der Waals surface area contributed by atoms with E-state index >= 15 is 0 Å². The first-order valence-corrected chi connectivity index (χ1v) is 8.27. The predicted molar refractivity (Wildman–Crippen MR) is 91.2 cm³/mol. The van der Waals surface area contributed by atoms with Crippen molar-refractivity contribution in [2.75, 3.05) is 13.1 Å². The molecular weight excluding hydrogens is 305 g/mol.